The number of nitrogens with zero attached hydrogens (tertiary/aromatic N) is 3. The van der Waals surface area contributed by atoms with Gasteiger partial charge < -0.3 is 15.5 Å². The van der Waals surface area contributed by atoms with E-state index < -0.39 is 0 Å². The van der Waals surface area contributed by atoms with Crippen LogP contribution in [0.3, 0.4) is 0 Å². The van der Waals surface area contributed by atoms with Crippen molar-refractivity contribution in [3.05, 3.63) is 35.5 Å². The third-order valence-corrected chi connectivity index (χ3v) is 5.25. The summed E-state index contributed by atoms with van der Waals surface area (Å²) in [5, 5.41) is 11.0. The molecule has 2 aromatic rings. The predicted molar refractivity (Wildman–Crippen MR) is 112 cm³/mol. The summed E-state index contributed by atoms with van der Waals surface area (Å²) >= 11 is 6.49. The van der Waals surface area contributed by atoms with Crippen molar-refractivity contribution in [2.24, 2.45) is 5.92 Å². The van der Waals surface area contributed by atoms with Crippen LogP contribution in [0.5, 0.6) is 0 Å². The number of piperidine rings is 1. The second-order valence-electron chi connectivity index (χ2n) is 7.49. The first-order valence-electron chi connectivity index (χ1n) is 9.55. The van der Waals surface area contributed by atoms with Crippen molar-refractivity contribution < 1.29 is 4.79 Å². The summed E-state index contributed by atoms with van der Waals surface area (Å²) in [7, 11) is 0. The monoisotopic (exact) mass is 389 g/mol. The Labute approximate surface area is 165 Å². The number of benzene rings is 1. The zero-order valence-corrected chi connectivity index (χ0v) is 17.0. The van der Waals surface area contributed by atoms with E-state index in [4.69, 9.17) is 11.6 Å². The van der Waals surface area contributed by atoms with Gasteiger partial charge in [0.2, 0.25) is 5.91 Å². The maximum atomic E-state index is 12.2. The highest BCUT2D eigenvalue weighted by atomic mass is 35.5. The van der Waals surface area contributed by atoms with Crippen molar-refractivity contribution in [2.45, 2.75) is 39.7 Å². The lowest BCUT2D eigenvalue weighted by atomic mass is 9.99. The maximum absolute atomic E-state index is 12.2. The Bertz CT molecular complexity index is 780. The Kier molecular flexibility index (Phi) is 6.26. The number of hydrogen-bond donors (Lipinski definition) is 2. The topological polar surface area (TPSA) is 62.2 Å². The number of nitrogens with one attached hydrogen (secondary N) is 2. The molecule has 1 aromatic heterocycles. The Balaban J connectivity index is 1.56. The minimum atomic E-state index is -0.123. The fraction of sp³-hybridized carbons (Fsp3) is 0.500. The lowest BCUT2D eigenvalue weighted by molar-refractivity contribution is -0.114. The first kappa shape index (κ1) is 19.5. The Morgan fingerprint density at radius 2 is 2.04 bits per heavy atom. The van der Waals surface area contributed by atoms with E-state index in [0.29, 0.717) is 10.8 Å². The summed E-state index contributed by atoms with van der Waals surface area (Å²) in [5.41, 5.74) is 1.90. The van der Waals surface area contributed by atoms with Crippen molar-refractivity contribution in [3.63, 3.8) is 0 Å². The Morgan fingerprint density at radius 1 is 1.30 bits per heavy atom. The molecule has 0 radical (unpaired) electrons. The van der Waals surface area contributed by atoms with Gasteiger partial charge in [0, 0.05) is 30.9 Å². The summed E-state index contributed by atoms with van der Waals surface area (Å²) in [4.78, 5) is 14.6. The van der Waals surface area contributed by atoms with E-state index in [1.165, 1.54) is 12.8 Å². The van der Waals surface area contributed by atoms with Crippen LogP contribution in [0.25, 0.3) is 0 Å². The molecule has 3 rings (SSSR count). The minimum absolute atomic E-state index is 0.123. The van der Waals surface area contributed by atoms with Gasteiger partial charge in [-0.05, 0) is 50.8 Å². The van der Waals surface area contributed by atoms with Gasteiger partial charge in [0.25, 0.3) is 0 Å². The standard InChI is InChI=1S/C20H28ClN5O/c1-14(2)26-19(6-9-23-26)24-20(27)13-22-16-4-5-18(17(21)12-16)25-10-7-15(3)8-11-25/h4-6,9,12,14-15,22H,7-8,10-11,13H2,1-3H3,(H,24,27). The molecular formula is C20H28ClN5O. The fourth-order valence-corrected chi connectivity index (χ4v) is 3.62. The van der Waals surface area contributed by atoms with Crippen LogP contribution in [-0.4, -0.2) is 35.3 Å². The van der Waals surface area contributed by atoms with Crippen molar-refractivity contribution in [1.29, 1.82) is 0 Å². The normalized spacial score (nSPS) is 15.2. The molecule has 1 amide bonds. The lowest BCUT2D eigenvalue weighted by Crippen LogP contribution is -2.32. The molecule has 0 saturated carbocycles. The predicted octanol–water partition coefficient (Wildman–Crippen LogP) is 4.40. The molecule has 1 aliphatic rings. The molecule has 2 N–H and O–H groups in total. The molecule has 2 heterocycles. The van der Waals surface area contributed by atoms with Gasteiger partial charge in [0.15, 0.2) is 0 Å². The van der Waals surface area contributed by atoms with Crippen molar-refractivity contribution in [1.82, 2.24) is 9.78 Å². The molecule has 0 bridgehead atoms. The molecule has 0 aliphatic carbocycles. The molecule has 0 atom stereocenters. The van der Waals surface area contributed by atoms with E-state index in [1.54, 1.807) is 16.9 Å². The number of aromatic nitrogens is 2. The summed E-state index contributed by atoms with van der Waals surface area (Å²) in [6.07, 6.45) is 4.08. The minimum Gasteiger partial charge on any atom is -0.376 e. The molecule has 0 unspecified atom stereocenters. The van der Waals surface area contributed by atoms with Gasteiger partial charge in [0.05, 0.1) is 23.5 Å². The van der Waals surface area contributed by atoms with Gasteiger partial charge in [-0.3, -0.25) is 4.79 Å². The Morgan fingerprint density at radius 3 is 2.70 bits per heavy atom. The average Bonchev–Trinajstić information content (AvgIpc) is 3.09. The Hall–Kier alpha value is -2.21. The highest BCUT2D eigenvalue weighted by Crippen LogP contribution is 2.31. The van der Waals surface area contributed by atoms with Crippen LogP contribution in [-0.2, 0) is 4.79 Å². The molecule has 1 aliphatic heterocycles. The molecule has 6 nitrogen and oxygen atoms in total. The van der Waals surface area contributed by atoms with E-state index >= 15 is 0 Å². The number of rotatable bonds is 6. The first-order chi connectivity index (χ1) is 12.9. The number of hydrogen-bond acceptors (Lipinski definition) is 4. The average molecular weight is 390 g/mol. The lowest BCUT2D eigenvalue weighted by Gasteiger charge is -2.32. The smallest absolute Gasteiger partial charge is 0.244 e. The van der Waals surface area contributed by atoms with Crippen LogP contribution in [0.15, 0.2) is 30.5 Å². The number of anilines is 3. The van der Waals surface area contributed by atoms with Gasteiger partial charge in [0.1, 0.15) is 5.82 Å². The second kappa shape index (κ2) is 8.65. The van der Waals surface area contributed by atoms with E-state index in [2.05, 4.69) is 27.6 Å². The molecular weight excluding hydrogens is 362 g/mol. The first-order valence-corrected chi connectivity index (χ1v) is 9.93. The quantitative estimate of drug-likeness (QED) is 0.768. The third kappa shape index (κ3) is 4.95. The second-order valence-corrected chi connectivity index (χ2v) is 7.90. The highest BCUT2D eigenvalue weighted by molar-refractivity contribution is 6.33. The van der Waals surface area contributed by atoms with Gasteiger partial charge in [-0.15, -0.1) is 0 Å². The zero-order valence-electron chi connectivity index (χ0n) is 16.2. The van der Waals surface area contributed by atoms with E-state index in [-0.39, 0.29) is 18.5 Å². The van der Waals surface area contributed by atoms with E-state index in [9.17, 15) is 4.79 Å². The largest absolute Gasteiger partial charge is 0.376 e. The highest BCUT2D eigenvalue weighted by Gasteiger charge is 2.18. The van der Waals surface area contributed by atoms with Crippen LogP contribution in [0, 0.1) is 5.92 Å². The van der Waals surface area contributed by atoms with Gasteiger partial charge in [-0.2, -0.15) is 5.10 Å². The van der Waals surface area contributed by atoms with Crippen LogP contribution >= 0.6 is 11.6 Å². The van der Waals surface area contributed by atoms with Gasteiger partial charge in [-0.25, -0.2) is 4.68 Å². The SMILES string of the molecule is CC1CCN(c2ccc(NCC(=O)Nc3ccnn3C(C)C)cc2Cl)CC1. The number of carbonyl (C=O) groups is 1. The molecule has 1 saturated heterocycles. The summed E-state index contributed by atoms with van der Waals surface area (Å²) in [5.74, 6) is 1.36. The maximum Gasteiger partial charge on any atom is 0.244 e. The van der Waals surface area contributed by atoms with E-state index in [1.807, 2.05) is 32.0 Å². The van der Waals surface area contributed by atoms with Crippen molar-refractivity contribution >= 4 is 34.7 Å². The zero-order chi connectivity index (χ0) is 19.4. The molecule has 1 fully saturated rings. The van der Waals surface area contributed by atoms with Crippen LogP contribution in [0.1, 0.15) is 39.7 Å². The molecule has 0 spiro atoms. The number of carbonyl (C=O) groups excluding carboxylic acids is 1. The number of halogens is 1. The van der Waals surface area contributed by atoms with Crippen molar-refractivity contribution in [3.8, 4) is 0 Å². The third-order valence-electron chi connectivity index (χ3n) is 4.95. The molecule has 7 heteroatoms. The van der Waals surface area contributed by atoms with E-state index in [0.717, 1.165) is 30.4 Å². The van der Waals surface area contributed by atoms with Gasteiger partial charge in [-0.1, -0.05) is 18.5 Å². The number of amides is 1. The van der Waals surface area contributed by atoms with Crippen LogP contribution in [0.2, 0.25) is 5.02 Å². The van der Waals surface area contributed by atoms with Gasteiger partial charge >= 0.3 is 0 Å². The van der Waals surface area contributed by atoms with Crippen molar-refractivity contribution in [2.75, 3.05) is 35.2 Å². The van der Waals surface area contributed by atoms with Crippen LogP contribution in [0.4, 0.5) is 17.2 Å². The molecule has 146 valence electrons. The molecule has 1 aromatic carbocycles. The van der Waals surface area contributed by atoms with Crippen LogP contribution < -0.4 is 15.5 Å². The fourth-order valence-electron chi connectivity index (χ4n) is 3.32. The summed E-state index contributed by atoms with van der Waals surface area (Å²) < 4.78 is 1.78. The molecule has 27 heavy (non-hydrogen) atoms. The summed E-state index contributed by atoms with van der Waals surface area (Å²) in [6.45, 7) is 8.59. The summed E-state index contributed by atoms with van der Waals surface area (Å²) in [6, 6.07) is 7.88.